The summed E-state index contributed by atoms with van der Waals surface area (Å²) in [6.07, 6.45) is 0.213. The van der Waals surface area contributed by atoms with Crippen LogP contribution in [0.1, 0.15) is 11.4 Å². The summed E-state index contributed by atoms with van der Waals surface area (Å²) < 4.78 is 13.9. The number of benzene rings is 2. The lowest BCUT2D eigenvalue weighted by atomic mass is 10.1. The van der Waals surface area contributed by atoms with E-state index >= 15 is 0 Å². The second-order valence-corrected chi connectivity index (χ2v) is 7.38. The Morgan fingerprint density at radius 1 is 1.18 bits per heavy atom. The van der Waals surface area contributed by atoms with E-state index in [1.807, 2.05) is 54.9 Å². The lowest BCUT2D eigenvalue weighted by molar-refractivity contribution is -0.115. The second kappa shape index (κ2) is 7.63. The molecule has 2 heterocycles. The fourth-order valence-electron chi connectivity index (χ4n) is 3.01. The summed E-state index contributed by atoms with van der Waals surface area (Å²) in [6.45, 7) is 2.93. The number of hydrogen-bond acceptors (Lipinski definition) is 5. The monoisotopic (exact) mass is 442 g/mol. The summed E-state index contributed by atoms with van der Waals surface area (Å²) in [5.74, 6) is 2.81. The standard InChI is InChI=1S/C20H19BrN4O3/c1-12-23-24-20(25(12)2)13-4-3-5-15(8-13)22-19(26)10-14-9-17-18(11-16(14)21)28-7-6-27-17/h3-5,8-9,11H,6-7,10H2,1-2H3,(H,22,26). The third-order valence-corrected chi connectivity index (χ3v) is 5.30. The molecule has 4 rings (SSSR count). The van der Waals surface area contributed by atoms with Gasteiger partial charge in [-0.1, -0.05) is 28.1 Å². The molecule has 1 amide bonds. The van der Waals surface area contributed by atoms with E-state index in [0.717, 1.165) is 27.2 Å². The van der Waals surface area contributed by atoms with Gasteiger partial charge in [-0.2, -0.15) is 0 Å². The van der Waals surface area contributed by atoms with Crippen LogP contribution >= 0.6 is 15.9 Å². The van der Waals surface area contributed by atoms with Gasteiger partial charge >= 0.3 is 0 Å². The Bertz CT molecular complexity index is 1050. The number of ether oxygens (including phenoxy) is 2. The first kappa shape index (κ1) is 18.5. The van der Waals surface area contributed by atoms with Crippen molar-refractivity contribution in [3.05, 3.63) is 52.3 Å². The molecule has 7 nitrogen and oxygen atoms in total. The number of rotatable bonds is 4. The maximum Gasteiger partial charge on any atom is 0.228 e. The minimum atomic E-state index is -0.122. The fraction of sp³-hybridized carbons (Fsp3) is 0.250. The highest BCUT2D eigenvalue weighted by Crippen LogP contribution is 2.35. The summed E-state index contributed by atoms with van der Waals surface area (Å²) in [7, 11) is 1.91. The van der Waals surface area contributed by atoms with Crippen LogP contribution in [0, 0.1) is 6.92 Å². The molecule has 1 N–H and O–H groups in total. The molecule has 3 aromatic rings. The number of aryl methyl sites for hydroxylation is 1. The molecule has 0 saturated carbocycles. The summed E-state index contributed by atoms with van der Waals surface area (Å²) in [5.41, 5.74) is 2.43. The number of anilines is 1. The molecule has 28 heavy (non-hydrogen) atoms. The number of aromatic nitrogens is 3. The normalized spacial score (nSPS) is 12.7. The van der Waals surface area contributed by atoms with Crippen molar-refractivity contribution in [2.45, 2.75) is 13.3 Å². The molecule has 0 bridgehead atoms. The number of amides is 1. The van der Waals surface area contributed by atoms with E-state index < -0.39 is 0 Å². The molecule has 0 atom stereocenters. The molecule has 1 aliphatic rings. The predicted octanol–water partition coefficient (Wildman–Crippen LogP) is 3.51. The quantitative estimate of drug-likeness (QED) is 0.668. The van der Waals surface area contributed by atoms with E-state index in [2.05, 4.69) is 31.4 Å². The smallest absolute Gasteiger partial charge is 0.228 e. The van der Waals surface area contributed by atoms with Gasteiger partial charge in [-0.3, -0.25) is 4.79 Å². The fourth-order valence-corrected chi connectivity index (χ4v) is 3.48. The molecule has 1 aliphatic heterocycles. The van der Waals surface area contributed by atoms with Gasteiger partial charge in [0, 0.05) is 22.8 Å². The van der Waals surface area contributed by atoms with Crippen LogP contribution in [-0.4, -0.2) is 33.9 Å². The molecular formula is C20H19BrN4O3. The van der Waals surface area contributed by atoms with Crippen molar-refractivity contribution < 1.29 is 14.3 Å². The predicted molar refractivity (Wildman–Crippen MR) is 109 cm³/mol. The number of carbonyl (C=O) groups is 1. The molecule has 0 unspecified atom stereocenters. The highest BCUT2D eigenvalue weighted by molar-refractivity contribution is 9.10. The van der Waals surface area contributed by atoms with Gasteiger partial charge in [-0.25, -0.2) is 0 Å². The Morgan fingerprint density at radius 2 is 1.93 bits per heavy atom. The van der Waals surface area contributed by atoms with Gasteiger partial charge in [0.05, 0.1) is 6.42 Å². The molecule has 2 aromatic carbocycles. The maximum atomic E-state index is 12.6. The molecule has 8 heteroatoms. The zero-order valence-corrected chi connectivity index (χ0v) is 17.1. The van der Waals surface area contributed by atoms with E-state index in [9.17, 15) is 4.79 Å². The van der Waals surface area contributed by atoms with Gasteiger partial charge in [-0.15, -0.1) is 10.2 Å². The molecule has 144 valence electrons. The number of nitrogens with zero attached hydrogens (tertiary/aromatic N) is 3. The Kier molecular flexibility index (Phi) is 5.04. The molecule has 0 aliphatic carbocycles. The first-order valence-electron chi connectivity index (χ1n) is 8.85. The van der Waals surface area contributed by atoms with Gasteiger partial charge in [0.2, 0.25) is 5.91 Å². The molecule has 0 spiro atoms. The minimum absolute atomic E-state index is 0.122. The summed E-state index contributed by atoms with van der Waals surface area (Å²) >= 11 is 3.51. The van der Waals surface area contributed by atoms with Crippen LogP contribution in [0.4, 0.5) is 5.69 Å². The number of halogens is 1. The topological polar surface area (TPSA) is 78.3 Å². The van der Waals surface area contributed by atoms with E-state index in [1.165, 1.54) is 0 Å². The van der Waals surface area contributed by atoms with Crippen molar-refractivity contribution in [3.63, 3.8) is 0 Å². The van der Waals surface area contributed by atoms with Crippen LogP contribution in [0.15, 0.2) is 40.9 Å². The van der Waals surface area contributed by atoms with Crippen molar-refractivity contribution in [1.82, 2.24) is 14.8 Å². The van der Waals surface area contributed by atoms with Crippen LogP contribution in [0.2, 0.25) is 0 Å². The largest absolute Gasteiger partial charge is 0.486 e. The zero-order chi connectivity index (χ0) is 19.7. The number of carbonyl (C=O) groups excluding carboxylic acids is 1. The highest BCUT2D eigenvalue weighted by Gasteiger charge is 2.17. The molecule has 0 radical (unpaired) electrons. The highest BCUT2D eigenvalue weighted by atomic mass is 79.9. The van der Waals surface area contributed by atoms with Gasteiger partial charge < -0.3 is 19.4 Å². The Balaban J connectivity index is 1.50. The lowest BCUT2D eigenvalue weighted by Crippen LogP contribution is -2.17. The molecule has 1 aromatic heterocycles. The SMILES string of the molecule is Cc1nnc(-c2cccc(NC(=O)Cc3cc4c(cc3Br)OCCO4)c2)n1C. The van der Waals surface area contributed by atoms with Crippen LogP contribution in [0.3, 0.4) is 0 Å². The Labute approximate surface area is 170 Å². The summed E-state index contributed by atoms with van der Waals surface area (Å²) in [6, 6.07) is 11.3. The Hall–Kier alpha value is -2.87. The third-order valence-electron chi connectivity index (χ3n) is 4.56. The number of hydrogen-bond donors (Lipinski definition) is 1. The van der Waals surface area contributed by atoms with E-state index in [-0.39, 0.29) is 12.3 Å². The first-order chi connectivity index (χ1) is 13.5. The molecule has 0 saturated heterocycles. The average Bonchev–Trinajstić information content (AvgIpc) is 3.01. The Morgan fingerprint density at radius 3 is 2.64 bits per heavy atom. The van der Waals surface area contributed by atoms with Gasteiger partial charge in [0.25, 0.3) is 0 Å². The summed E-state index contributed by atoms with van der Waals surface area (Å²) in [5, 5.41) is 11.2. The first-order valence-corrected chi connectivity index (χ1v) is 9.65. The van der Waals surface area contributed by atoms with Gasteiger partial charge in [-0.05, 0) is 36.8 Å². The number of nitrogens with one attached hydrogen (secondary N) is 1. The second-order valence-electron chi connectivity index (χ2n) is 6.52. The van der Waals surface area contributed by atoms with Crippen molar-refractivity contribution in [1.29, 1.82) is 0 Å². The number of fused-ring (bicyclic) bond motifs is 1. The summed E-state index contributed by atoms with van der Waals surface area (Å²) in [4.78, 5) is 12.6. The maximum absolute atomic E-state index is 12.6. The average molecular weight is 443 g/mol. The van der Waals surface area contributed by atoms with Crippen LogP contribution < -0.4 is 14.8 Å². The van der Waals surface area contributed by atoms with E-state index in [1.54, 1.807) is 0 Å². The van der Waals surface area contributed by atoms with Crippen molar-refractivity contribution in [2.75, 3.05) is 18.5 Å². The molecular weight excluding hydrogens is 424 g/mol. The van der Waals surface area contributed by atoms with E-state index in [4.69, 9.17) is 9.47 Å². The zero-order valence-electron chi connectivity index (χ0n) is 15.5. The van der Waals surface area contributed by atoms with Crippen molar-refractivity contribution in [2.24, 2.45) is 7.05 Å². The van der Waals surface area contributed by atoms with E-state index in [0.29, 0.717) is 30.4 Å². The van der Waals surface area contributed by atoms with Crippen LogP contribution in [0.5, 0.6) is 11.5 Å². The van der Waals surface area contributed by atoms with Gasteiger partial charge in [0.15, 0.2) is 17.3 Å². The van der Waals surface area contributed by atoms with Crippen molar-refractivity contribution in [3.8, 4) is 22.9 Å². The third kappa shape index (κ3) is 3.73. The molecule has 0 fully saturated rings. The van der Waals surface area contributed by atoms with Crippen molar-refractivity contribution >= 4 is 27.5 Å². The van der Waals surface area contributed by atoms with Crippen LogP contribution in [0.25, 0.3) is 11.4 Å². The van der Waals surface area contributed by atoms with Crippen LogP contribution in [-0.2, 0) is 18.3 Å². The van der Waals surface area contributed by atoms with Gasteiger partial charge in [0.1, 0.15) is 19.0 Å². The lowest BCUT2D eigenvalue weighted by Gasteiger charge is -2.19. The minimum Gasteiger partial charge on any atom is -0.486 e.